The predicted octanol–water partition coefficient (Wildman–Crippen LogP) is 5.89. The third-order valence-corrected chi connectivity index (χ3v) is 7.03. The van der Waals surface area contributed by atoms with Gasteiger partial charge in [0.2, 0.25) is 5.91 Å². The van der Waals surface area contributed by atoms with Gasteiger partial charge in [0.25, 0.3) is 5.91 Å². The molecule has 0 atom stereocenters. The first-order valence-electron chi connectivity index (χ1n) is 11.5. The highest BCUT2D eigenvalue weighted by Gasteiger charge is 2.30. The Hall–Kier alpha value is -2.99. The summed E-state index contributed by atoms with van der Waals surface area (Å²) in [4.78, 5) is 31.7. The van der Waals surface area contributed by atoms with E-state index in [1.807, 2.05) is 52.7 Å². The summed E-state index contributed by atoms with van der Waals surface area (Å²) in [5, 5.41) is 2.01. The summed E-state index contributed by atoms with van der Waals surface area (Å²) in [6, 6.07) is 19.6. The Morgan fingerprint density at radius 3 is 2.27 bits per heavy atom. The minimum absolute atomic E-state index is 0.0269. The third-order valence-electron chi connectivity index (χ3n) is 6.17. The number of carbonyl (C=O) groups is 2. The van der Waals surface area contributed by atoms with Gasteiger partial charge >= 0.3 is 0 Å². The molecule has 2 aromatic carbocycles. The molecule has 1 heterocycles. The maximum absolute atomic E-state index is 13.6. The zero-order valence-corrected chi connectivity index (χ0v) is 19.5. The van der Waals surface area contributed by atoms with E-state index < -0.39 is 0 Å². The Balaban J connectivity index is 1.56. The molecular weight excluding hydrogens is 435 g/mol. The second kappa shape index (κ2) is 11.2. The van der Waals surface area contributed by atoms with Gasteiger partial charge in [-0.25, -0.2) is 4.39 Å². The first-order chi connectivity index (χ1) is 16.1. The number of halogens is 1. The number of amides is 2. The second-order valence-electron chi connectivity index (χ2n) is 8.55. The van der Waals surface area contributed by atoms with E-state index in [1.54, 1.807) is 16.2 Å². The molecule has 0 N–H and O–H groups in total. The van der Waals surface area contributed by atoms with Gasteiger partial charge in [-0.3, -0.25) is 9.59 Å². The van der Waals surface area contributed by atoms with Crippen LogP contribution in [0, 0.1) is 5.82 Å². The fourth-order valence-corrected chi connectivity index (χ4v) is 5.11. The summed E-state index contributed by atoms with van der Waals surface area (Å²) in [6.07, 6.45) is 5.04. The van der Waals surface area contributed by atoms with Gasteiger partial charge in [-0.2, -0.15) is 0 Å². The van der Waals surface area contributed by atoms with E-state index >= 15 is 0 Å². The van der Waals surface area contributed by atoms with Crippen molar-refractivity contribution in [2.75, 3.05) is 6.54 Å². The van der Waals surface area contributed by atoms with Crippen LogP contribution in [-0.2, 0) is 17.9 Å². The molecule has 2 amide bonds. The topological polar surface area (TPSA) is 40.6 Å². The van der Waals surface area contributed by atoms with E-state index in [0.29, 0.717) is 18.7 Å². The number of carbonyl (C=O) groups excluding carboxylic acids is 2. The third kappa shape index (κ3) is 6.29. The molecule has 4 rings (SSSR count). The van der Waals surface area contributed by atoms with E-state index in [1.165, 1.54) is 24.3 Å². The lowest BCUT2D eigenvalue weighted by molar-refractivity contribution is -0.133. The average Bonchev–Trinajstić information content (AvgIpc) is 3.36. The van der Waals surface area contributed by atoms with Crippen LogP contribution in [0.25, 0.3) is 0 Å². The van der Waals surface area contributed by atoms with Crippen molar-refractivity contribution in [3.05, 3.63) is 93.9 Å². The van der Waals surface area contributed by atoms with E-state index in [-0.39, 0.29) is 30.2 Å². The van der Waals surface area contributed by atoms with Crippen molar-refractivity contribution >= 4 is 23.2 Å². The lowest BCUT2D eigenvalue weighted by atomic mass is 9.93. The van der Waals surface area contributed by atoms with Crippen LogP contribution in [-0.4, -0.2) is 34.2 Å². The van der Waals surface area contributed by atoms with Gasteiger partial charge in [0.1, 0.15) is 12.4 Å². The van der Waals surface area contributed by atoms with E-state index in [9.17, 15) is 14.0 Å². The van der Waals surface area contributed by atoms with Crippen LogP contribution < -0.4 is 0 Å². The molecule has 1 aromatic heterocycles. The molecule has 0 spiro atoms. The van der Waals surface area contributed by atoms with Gasteiger partial charge in [-0.05, 0) is 54.1 Å². The van der Waals surface area contributed by atoms with Crippen LogP contribution >= 0.6 is 11.3 Å². The Kier molecular flexibility index (Phi) is 7.89. The largest absolute Gasteiger partial charge is 0.332 e. The molecule has 1 aliphatic carbocycles. The predicted molar refractivity (Wildman–Crippen MR) is 129 cm³/mol. The standard InChI is InChI=1S/C27H29FN2O2S/c28-23-15-13-22(14-16-23)27(32)30(24-10-5-2-6-11-24)20-26(31)29(19-25-12-7-17-33-25)18-21-8-3-1-4-9-21/h1,3-4,7-9,12-17,24H,2,5-6,10-11,18-20H2. The highest BCUT2D eigenvalue weighted by atomic mass is 32.1. The number of hydrogen-bond acceptors (Lipinski definition) is 3. The molecule has 0 saturated heterocycles. The van der Waals surface area contributed by atoms with Crippen molar-refractivity contribution in [3.8, 4) is 0 Å². The fourth-order valence-electron chi connectivity index (χ4n) is 4.39. The Labute approximate surface area is 198 Å². The van der Waals surface area contributed by atoms with Gasteiger partial charge in [0.05, 0.1) is 6.54 Å². The summed E-state index contributed by atoms with van der Waals surface area (Å²) in [5.74, 6) is -0.656. The highest BCUT2D eigenvalue weighted by molar-refractivity contribution is 7.09. The number of nitrogens with zero attached hydrogens (tertiary/aromatic N) is 2. The smallest absolute Gasteiger partial charge is 0.254 e. The summed E-state index contributed by atoms with van der Waals surface area (Å²) in [5.41, 5.74) is 1.47. The lowest BCUT2D eigenvalue weighted by Gasteiger charge is -2.35. The normalized spacial score (nSPS) is 14.1. The van der Waals surface area contributed by atoms with Crippen molar-refractivity contribution in [1.82, 2.24) is 9.80 Å². The van der Waals surface area contributed by atoms with Crippen LogP contribution in [0.3, 0.4) is 0 Å². The first-order valence-corrected chi connectivity index (χ1v) is 12.4. The van der Waals surface area contributed by atoms with Crippen molar-refractivity contribution in [2.24, 2.45) is 0 Å². The fraction of sp³-hybridized carbons (Fsp3) is 0.333. The number of rotatable bonds is 8. The van der Waals surface area contributed by atoms with Crippen molar-refractivity contribution in [3.63, 3.8) is 0 Å². The molecule has 33 heavy (non-hydrogen) atoms. The second-order valence-corrected chi connectivity index (χ2v) is 9.58. The molecule has 0 unspecified atom stereocenters. The molecule has 1 aliphatic rings. The van der Waals surface area contributed by atoms with Crippen LogP contribution in [0.15, 0.2) is 72.1 Å². The summed E-state index contributed by atoms with van der Waals surface area (Å²) >= 11 is 1.62. The zero-order valence-electron chi connectivity index (χ0n) is 18.7. The number of benzene rings is 2. The van der Waals surface area contributed by atoms with Gasteiger partial charge < -0.3 is 9.80 Å². The van der Waals surface area contributed by atoms with E-state index in [4.69, 9.17) is 0 Å². The van der Waals surface area contributed by atoms with Gasteiger partial charge in [0, 0.05) is 23.0 Å². The summed E-state index contributed by atoms with van der Waals surface area (Å²) in [6.45, 7) is 1.02. The van der Waals surface area contributed by atoms with Crippen LogP contribution in [0.4, 0.5) is 4.39 Å². The zero-order chi connectivity index (χ0) is 23.0. The molecular formula is C27H29FN2O2S. The Morgan fingerprint density at radius 2 is 1.61 bits per heavy atom. The first kappa shape index (κ1) is 23.2. The lowest BCUT2D eigenvalue weighted by Crippen LogP contribution is -2.48. The van der Waals surface area contributed by atoms with Gasteiger partial charge in [0.15, 0.2) is 0 Å². The molecule has 0 bridgehead atoms. The van der Waals surface area contributed by atoms with E-state index in [2.05, 4.69) is 0 Å². The SMILES string of the molecule is O=C(CN(C(=O)c1ccc(F)cc1)C1CCCCC1)N(Cc1ccccc1)Cc1cccs1. The van der Waals surface area contributed by atoms with Crippen LogP contribution in [0.5, 0.6) is 0 Å². The minimum atomic E-state index is -0.378. The Bertz CT molecular complexity index is 1030. The monoisotopic (exact) mass is 464 g/mol. The molecule has 172 valence electrons. The quantitative estimate of drug-likeness (QED) is 0.417. The average molecular weight is 465 g/mol. The maximum atomic E-state index is 13.6. The summed E-state index contributed by atoms with van der Waals surface area (Å²) < 4.78 is 13.4. The maximum Gasteiger partial charge on any atom is 0.254 e. The van der Waals surface area contributed by atoms with Crippen LogP contribution in [0.1, 0.15) is 52.9 Å². The molecule has 0 aliphatic heterocycles. The Morgan fingerprint density at radius 1 is 0.879 bits per heavy atom. The van der Waals surface area contributed by atoms with E-state index in [0.717, 1.165) is 42.5 Å². The van der Waals surface area contributed by atoms with Crippen molar-refractivity contribution in [1.29, 1.82) is 0 Å². The molecule has 1 saturated carbocycles. The van der Waals surface area contributed by atoms with Crippen LogP contribution in [0.2, 0.25) is 0 Å². The van der Waals surface area contributed by atoms with Crippen molar-refractivity contribution < 1.29 is 14.0 Å². The van der Waals surface area contributed by atoms with Gasteiger partial charge in [-0.1, -0.05) is 55.7 Å². The number of thiophene rings is 1. The van der Waals surface area contributed by atoms with Crippen molar-refractivity contribution in [2.45, 2.75) is 51.2 Å². The van der Waals surface area contributed by atoms with Gasteiger partial charge in [-0.15, -0.1) is 11.3 Å². The minimum Gasteiger partial charge on any atom is -0.332 e. The molecule has 1 fully saturated rings. The molecule has 3 aromatic rings. The molecule has 0 radical (unpaired) electrons. The molecule has 4 nitrogen and oxygen atoms in total. The number of hydrogen-bond donors (Lipinski definition) is 0. The summed E-state index contributed by atoms with van der Waals surface area (Å²) in [7, 11) is 0. The molecule has 6 heteroatoms. The highest BCUT2D eigenvalue weighted by Crippen LogP contribution is 2.25.